The zero-order valence-corrected chi connectivity index (χ0v) is 14.3. The number of hydrogen-bond donors (Lipinski definition) is 0. The number of hydrogen-bond acceptors (Lipinski definition) is 3. The molecule has 0 fully saturated rings. The minimum Gasteiger partial charge on any atom is -0.453 e. The maximum Gasteiger partial charge on any atom is 0.410 e. The molecule has 1 aliphatic heterocycles. The summed E-state index contributed by atoms with van der Waals surface area (Å²) in [5.41, 5.74) is 4.00. The molecule has 22 heavy (non-hydrogen) atoms. The van der Waals surface area contributed by atoms with Gasteiger partial charge in [-0.25, -0.2) is 4.79 Å². The SMILES string of the molecule is CCC1Cc2cc(CN(CC)CC)ccc2CN1C(=O)OC. The lowest BCUT2D eigenvalue weighted by Crippen LogP contribution is -2.43. The van der Waals surface area contributed by atoms with Gasteiger partial charge in [0, 0.05) is 19.1 Å². The Morgan fingerprint density at radius 3 is 2.59 bits per heavy atom. The monoisotopic (exact) mass is 304 g/mol. The molecule has 4 nitrogen and oxygen atoms in total. The molecule has 1 aliphatic rings. The van der Waals surface area contributed by atoms with Gasteiger partial charge in [-0.05, 0) is 42.6 Å². The van der Waals surface area contributed by atoms with Gasteiger partial charge < -0.3 is 9.64 Å². The van der Waals surface area contributed by atoms with Crippen molar-refractivity contribution >= 4 is 6.09 Å². The molecule has 0 aromatic heterocycles. The maximum atomic E-state index is 11.9. The zero-order chi connectivity index (χ0) is 16.1. The molecular weight excluding hydrogens is 276 g/mol. The van der Waals surface area contributed by atoms with Crippen molar-refractivity contribution in [2.75, 3.05) is 20.2 Å². The van der Waals surface area contributed by atoms with Gasteiger partial charge in [0.25, 0.3) is 0 Å². The van der Waals surface area contributed by atoms with Gasteiger partial charge in [0.1, 0.15) is 0 Å². The van der Waals surface area contributed by atoms with E-state index in [1.165, 1.54) is 23.8 Å². The normalized spacial score (nSPS) is 17.5. The molecule has 1 aromatic carbocycles. The van der Waals surface area contributed by atoms with Gasteiger partial charge in [-0.3, -0.25) is 4.90 Å². The second-order valence-electron chi connectivity index (χ2n) is 5.93. The zero-order valence-electron chi connectivity index (χ0n) is 14.3. The first-order valence-corrected chi connectivity index (χ1v) is 8.30. The van der Waals surface area contributed by atoms with E-state index in [4.69, 9.17) is 4.74 Å². The number of benzene rings is 1. The van der Waals surface area contributed by atoms with Crippen LogP contribution in [0.1, 0.15) is 43.9 Å². The van der Waals surface area contributed by atoms with Crippen LogP contribution in [0.5, 0.6) is 0 Å². The summed E-state index contributed by atoms with van der Waals surface area (Å²) in [6.07, 6.45) is 1.66. The highest BCUT2D eigenvalue weighted by Crippen LogP contribution is 2.27. The summed E-state index contributed by atoms with van der Waals surface area (Å²) in [5.74, 6) is 0. The fourth-order valence-electron chi connectivity index (χ4n) is 3.20. The predicted octanol–water partition coefficient (Wildman–Crippen LogP) is 3.43. The topological polar surface area (TPSA) is 32.8 Å². The highest BCUT2D eigenvalue weighted by atomic mass is 16.5. The highest BCUT2D eigenvalue weighted by molar-refractivity contribution is 5.68. The Balaban J connectivity index is 2.19. The van der Waals surface area contributed by atoms with Crippen LogP contribution in [0.15, 0.2) is 18.2 Å². The second kappa shape index (κ2) is 7.63. The molecule has 0 N–H and O–H groups in total. The van der Waals surface area contributed by atoms with Crippen LogP contribution in [-0.2, 0) is 24.2 Å². The predicted molar refractivity (Wildman–Crippen MR) is 88.8 cm³/mol. The van der Waals surface area contributed by atoms with Crippen molar-refractivity contribution < 1.29 is 9.53 Å². The van der Waals surface area contributed by atoms with E-state index < -0.39 is 0 Å². The van der Waals surface area contributed by atoms with Crippen molar-refractivity contribution in [1.82, 2.24) is 9.80 Å². The van der Waals surface area contributed by atoms with E-state index in [9.17, 15) is 4.79 Å². The van der Waals surface area contributed by atoms with E-state index in [1.807, 2.05) is 4.90 Å². The fourth-order valence-corrected chi connectivity index (χ4v) is 3.20. The number of rotatable bonds is 5. The van der Waals surface area contributed by atoms with Gasteiger partial charge in [0.2, 0.25) is 0 Å². The van der Waals surface area contributed by atoms with E-state index in [1.54, 1.807) is 0 Å². The molecule has 0 saturated heterocycles. The Morgan fingerprint density at radius 2 is 2.00 bits per heavy atom. The van der Waals surface area contributed by atoms with Crippen LogP contribution >= 0.6 is 0 Å². The standard InChI is InChI=1S/C18H28N2O2/c1-5-17-11-16-10-14(12-19(6-2)7-3)8-9-15(16)13-20(17)18(21)22-4/h8-10,17H,5-7,11-13H2,1-4H3. The third-order valence-corrected chi connectivity index (χ3v) is 4.69. The van der Waals surface area contributed by atoms with Crippen molar-refractivity contribution in [1.29, 1.82) is 0 Å². The third-order valence-electron chi connectivity index (χ3n) is 4.69. The van der Waals surface area contributed by atoms with Crippen LogP contribution in [0.2, 0.25) is 0 Å². The second-order valence-corrected chi connectivity index (χ2v) is 5.93. The smallest absolute Gasteiger partial charge is 0.410 e. The lowest BCUT2D eigenvalue weighted by Gasteiger charge is -2.35. The van der Waals surface area contributed by atoms with Crippen LogP contribution < -0.4 is 0 Å². The first-order chi connectivity index (χ1) is 10.6. The van der Waals surface area contributed by atoms with Crippen molar-refractivity contribution in [2.24, 2.45) is 0 Å². The Labute approximate surface area is 134 Å². The molecule has 122 valence electrons. The Kier molecular flexibility index (Phi) is 5.83. The molecule has 0 saturated carbocycles. The average molecular weight is 304 g/mol. The van der Waals surface area contributed by atoms with Crippen LogP contribution in [0.25, 0.3) is 0 Å². The Morgan fingerprint density at radius 1 is 1.27 bits per heavy atom. The molecule has 1 aromatic rings. The summed E-state index contributed by atoms with van der Waals surface area (Å²) in [4.78, 5) is 16.2. The maximum absolute atomic E-state index is 11.9. The lowest BCUT2D eigenvalue weighted by atomic mass is 9.91. The Hall–Kier alpha value is -1.55. The summed E-state index contributed by atoms with van der Waals surface area (Å²) in [6.45, 7) is 10.3. The molecule has 2 rings (SSSR count). The van der Waals surface area contributed by atoms with Crippen molar-refractivity contribution in [3.8, 4) is 0 Å². The van der Waals surface area contributed by atoms with Gasteiger partial charge in [0.15, 0.2) is 0 Å². The summed E-state index contributed by atoms with van der Waals surface area (Å²) >= 11 is 0. The molecule has 0 aliphatic carbocycles. The van der Waals surface area contributed by atoms with Gasteiger partial charge in [-0.1, -0.05) is 39.0 Å². The summed E-state index contributed by atoms with van der Waals surface area (Å²) in [5, 5.41) is 0. The molecule has 1 amide bonds. The molecule has 0 bridgehead atoms. The lowest BCUT2D eigenvalue weighted by molar-refractivity contribution is 0.0949. The van der Waals surface area contributed by atoms with E-state index in [2.05, 4.69) is 43.9 Å². The summed E-state index contributed by atoms with van der Waals surface area (Å²) < 4.78 is 4.92. The number of fused-ring (bicyclic) bond motifs is 1. The largest absolute Gasteiger partial charge is 0.453 e. The number of ether oxygens (including phenoxy) is 1. The molecule has 1 unspecified atom stereocenters. The van der Waals surface area contributed by atoms with Gasteiger partial charge in [0.05, 0.1) is 7.11 Å². The van der Waals surface area contributed by atoms with Gasteiger partial charge in [-0.15, -0.1) is 0 Å². The first kappa shape index (κ1) is 16.8. The molecule has 0 spiro atoms. The Bertz CT molecular complexity index is 512. The number of nitrogens with zero attached hydrogens (tertiary/aromatic N) is 2. The number of methoxy groups -OCH3 is 1. The van der Waals surface area contributed by atoms with E-state index in [0.29, 0.717) is 6.54 Å². The molecule has 1 atom stereocenters. The van der Waals surface area contributed by atoms with Gasteiger partial charge in [-0.2, -0.15) is 0 Å². The van der Waals surface area contributed by atoms with E-state index in [0.717, 1.165) is 32.5 Å². The molecular formula is C18H28N2O2. The highest BCUT2D eigenvalue weighted by Gasteiger charge is 2.29. The third kappa shape index (κ3) is 3.61. The van der Waals surface area contributed by atoms with Gasteiger partial charge >= 0.3 is 6.09 Å². The number of carbonyl (C=O) groups excluding carboxylic acids is 1. The van der Waals surface area contributed by atoms with Crippen molar-refractivity contribution in [3.63, 3.8) is 0 Å². The minimum absolute atomic E-state index is 0.218. The average Bonchev–Trinajstić information content (AvgIpc) is 2.57. The summed E-state index contributed by atoms with van der Waals surface area (Å²) in [7, 11) is 1.46. The quantitative estimate of drug-likeness (QED) is 0.835. The number of carbonyl (C=O) groups is 1. The van der Waals surface area contributed by atoms with Crippen molar-refractivity contribution in [2.45, 2.75) is 52.7 Å². The molecule has 0 radical (unpaired) electrons. The van der Waals surface area contributed by atoms with Crippen LogP contribution in [0, 0.1) is 0 Å². The van der Waals surface area contributed by atoms with E-state index >= 15 is 0 Å². The van der Waals surface area contributed by atoms with Crippen LogP contribution in [-0.4, -0.2) is 42.1 Å². The van der Waals surface area contributed by atoms with E-state index in [-0.39, 0.29) is 12.1 Å². The van der Waals surface area contributed by atoms with Crippen LogP contribution in [0.4, 0.5) is 4.79 Å². The summed E-state index contributed by atoms with van der Waals surface area (Å²) in [6, 6.07) is 6.93. The van der Waals surface area contributed by atoms with Crippen LogP contribution in [0.3, 0.4) is 0 Å². The number of amides is 1. The van der Waals surface area contributed by atoms with Crippen molar-refractivity contribution in [3.05, 3.63) is 34.9 Å². The molecule has 1 heterocycles. The first-order valence-electron chi connectivity index (χ1n) is 8.30. The minimum atomic E-state index is -0.218. The molecule has 4 heteroatoms. The fraction of sp³-hybridized carbons (Fsp3) is 0.611.